The number of carbonyl (C=O) groups excluding carboxylic acids is 2. The summed E-state index contributed by atoms with van der Waals surface area (Å²) >= 11 is 0. The summed E-state index contributed by atoms with van der Waals surface area (Å²) in [6.07, 6.45) is 8.68. The number of hydrogen-bond acceptors (Lipinski definition) is 7. The van der Waals surface area contributed by atoms with Crippen molar-refractivity contribution in [3.8, 4) is 17.5 Å². The van der Waals surface area contributed by atoms with Crippen LogP contribution in [0.25, 0.3) is 11.4 Å². The van der Waals surface area contributed by atoms with Gasteiger partial charge in [0.1, 0.15) is 18.1 Å². The quantitative estimate of drug-likeness (QED) is 0.611. The average molecular weight is 463 g/mol. The molecule has 1 unspecified atom stereocenters. The van der Waals surface area contributed by atoms with Crippen molar-refractivity contribution in [2.75, 3.05) is 12.4 Å². The number of allylic oxidation sites excluding steroid dienone is 3. The summed E-state index contributed by atoms with van der Waals surface area (Å²) in [5.74, 6) is -0.754. The summed E-state index contributed by atoms with van der Waals surface area (Å²) in [6, 6.07) is 14.0. The van der Waals surface area contributed by atoms with Crippen molar-refractivity contribution in [1.29, 1.82) is 5.26 Å². The van der Waals surface area contributed by atoms with Crippen LogP contribution in [0.1, 0.15) is 21.7 Å². The summed E-state index contributed by atoms with van der Waals surface area (Å²) in [4.78, 5) is 28.8. The molecule has 3 aromatic rings. The van der Waals surface area contributed by atoms with Gasteiger partial charge in [-0.1, -0.05) is 36.4 Å². The smallest absolute Gasteiger partial charge is 0.295 e. The normalized spacial score (nSPS) is 16.1. The predicted octanol–water partition coefficient (Wildman–Crippen LogP) is 3.85. The van der Waals surface area contributed by atoms with Crippen molar-refractivity contribution < 1.29 is 14.3 Å². The van der Waals surface area contributed by atoms with Crippen LogP contribution in [-0.4, -0.2) is 33.7 Å². The topological polar surface area (TPSA) is 135 Å². The van der Waals surface area contributed by atoms with E-state index in [1.807, 2.05) is 18.2 Å². The Morgan fingerprint density at radius 2 is 1.97 bits per heavy atom. The zero-order valence-corrected chi connectivity index (χ0v) is 18.4. The second-order valence-corrected chi connectivity index (χ2v) is 7.60. The number of amides is 2. The van der Waals surface area contributed by atoms with Crippen molar-refractivity contribution in [1.82, 2.24) is 14.8 Å². The Morgan fingerprint density at radius 3 is 2.74 bits per heavy atom. The standard InChI is InChI=1S/C25H17N7O3/c1-35-18-11-8-16(13-26)21(12-18)32-14-27-23(31-32)25(34)28-17-9-6-15(7-10-17)22-19-4-2-3-5-20(19)24(33)30-29-22/h2-12,14,20H,1H3,(H,28,34). The third-order valence-corrected chi connectivity index (χ3v) is 5.50. The molecule has 2 aliphatic rings. The number of methoxy groups -OCH3 is 1. The number of azo groups is 1. The molecule has 0 bridgehead atoms. The van der Waals surface area contributed by atoms with Gasteiger partial charge in [0.2, 0.25) is 5.82 Å². The lowest BCUT2D eigenvalue weighted by Crippen LogP contribution is -2.17. The Hall–Kier alpha value is -5.17. The van der Waals surface area contributed by atoms with Gasteiger partial charge in [0, 0.05) is 17.3 Å². The van der Waals surface area contributed by atoms with Crippen LogP contribution in [0, 0.1) is 17.2 Å². The Balaban J connectivity index is 1.34. The van der Waals surface area contributed by atoms with E-state index in [2.05, 4.69) is 31.7 Å². The second kappa shape index (κ2) is 8.99. The molecule has 1 atom stereocenters. The van der Waals surface area contributed by atoms with Gasteiger partial charge in [-0.3, -0.25) is 9.59 Å². The lowest BCUT2D eigenvalue weighted by molar-refractivity contribution is -0.119. The first-order valence-corrected chi connectivity index (χ1v) is 10.5. The van der Waals surface area contributed by atoms with Crippen LogP contribution in [0.5, 0.6) is 5.75 Å². The fraction of sp³-hybridized carbons (Fsp3) is 0.0800. The van der Waals surface area contributed by atoms with Gasteiger partial charge < -0.3 is 10.1 Å². The van der Waals surface area contributed by atoms with Crippen LogP contribution in [0.15, 0.2) is 88.9 Å². The first-order valence-electron chi connectivity index (χ1n) is 10.5. The third-order valence-electron chi connectivity index (χ3n) is 5.50. The molecule has 0 fully saturated rings. The maximum Gasteiger partial charge on any atom is 0.295 e. The molecule has 2 aromatic carbocycles. The molecule has 5 rings (SSSR count). The van der Waals surface area contributed by atoms with Gasteiger partial charge in [0.25, 0.3) is 11.8 Å². The van der Waals surface area contributed by atoms with Gasteiger partial charge in [-0.25, -0.2) is 9.67 Å². The predicted molar refractivity (Wildman–Crippen MR) is 126 cm³/mol. The maximum absolute atomic E-state index is 12.7. The summed E-state index contributed by atoms with van der Waals surface area (Å²) in [5, 5.41) is 24.2. The summed E-state index contributed by atoms with van der Waals surface area (Å²) in [7, 11) is 1.52. The molecule has 170 valence electrons. The average Bonchev–Trinajstić information content (AvgIpc) is 3.40. The number of ether oxygens (including phenoxy) is 1. The first kappa shape index (κ1) is 21.7. The number of benzene rings is 2. The fourth-order valence-corrected chi connectivity index (χ4v) is 3.73. The molecule has 0 saturated carbocycles. The highest BCUT2D eigenvalue weighted by atomic mass is 16.5. The number of nitrogens with zero attached hydrogens (tertiary/aromatic N) is 6. The number of nitrogens with one attached hydrogen (secondary N) is 1. The molecule has 0 saturated heterocycles. The number of rotatable bonds is 5. The van der Waals surface area contributed by atoms with E-state index in [4.69, 9.17) is 4.74 Å². The Labute approximate surface area is 199 Å². The largest absolute Gasteiger partial charge is 0.497 e. The molecule has 1 N–H and O–H groups in total. The molecule has 1 aliphatic carbocycles. The lowest BCUT2D eigenvalue weighted by Gasteiger charge is -2.19. The molecule has 2 heterocycles. The number of nitriles is 1. The molecule has 2 amide bonds. The van der Waals surface area contributed by atoms with Crippen molar-refractivity contribution in [2.24, 2.45) is 16.1 Å². The zero-order valence-electron chi connectivity index (χ0n) is 18.4. The van der Waals surface area contributed by atoms with E-state index in [-0.39, 0.29) is 11.7 Å². The lowest BCUT2D eigenvalue weighted by atomic mass is 9.89. The molecule has 0 radical (unpaired) electrons. The van der Waals surface area contributed by atoms with Gasteiger partial charge in [0.05, 0.1) is 30.0 Å². The van der Waals surface area contributed by atoms with Gasteiger partial charge in [-0.15, -0.1) is 15.3 Å². The number of hydrogen-bond donors (Lipinski definition) is 1. The van der Waals surface area contributed by atoms with Crippen LogP contribution in [0.4, 0.5) is 5.69 Å². The molecular formula is C25H17N7O3. The minimum atomic E-state index is -0.511. The van der Waals surface area contributed by atoms with E-state index in [1.54, 1.807) is 48.5 Å². The summed E-state index contributed by atoms with van der Waals surface area (Å²) in [5.41, 5.74) is 3.50. The van der Waals surface area contributed by atoms with Gasteiger partial charge in [0.15, 0.2) is 0 Å². The van der Waals surface area contributed by atoms with Gasteiger partial charge >= 0.3 is 0 Å². The molecule has 0 spiro atoms. The van der Waals surface area contributed by atoms with Crippen molar-refractivity contribution in [3.63, 3.8) is 0 Å². The van der Waals surface area contributed by atoms with Crippen LogP contribution in [0.3, 0.4) is 0 Å². The highest BCUT2D eigenvalue weighted by Gasteiger charge is 2.27. The van der Waals surface area contributed by atoms with Crippen molar-refractivity contribution in [2.45, 2.75) is 0 Å². The molecule has 35 heavy (non-hydrogen) atoms. The van der Waals surface area contributed by atoms with Crippen LogP contribution in [-0.2, 0) is 4.79 Å². The van der Waals surface area contributed by atoms with Crippen LogP contribution in [0.2, 0.25) is 0 Å². The number of anilines is 1. The number of fused-ring (bicyclic) bond motifs is 1. The Kier molecular flexibility index (Phi) is 5.57. The molecule has 10 heteroatoms. The van der Waals surface area contributed by atoms with Crippen molar-refractivity contribution in [3.05, 3.63) is 95.6 Å². The highest BCUT2D eigenvalue weighted by molar-refractivity contribution is 6.01. The van der Waals surface area contributed by atoms with Gasteiger partial charge in [-0.05, 0) is 29.8 Å². The minimum absolute atomic E-state index is 0.0627. The van der Waals surface area contributed by atoms with E-state index in [9.17, 15) is 14.9 Å². The SMILES string of the molecule is COc1ccc(C#N)c(-n2cnc(C(=O)Nc3ccc(C4=C5C=CC=CC5C(=O)N=N4)cc3)n2)c1. The Morgan fingerprint density at radius 1 is 1.14 bits per heavy atom. The highest BCUT2D eigenvalue weighted by Crippen LogP contribution is 2.34. The zero-order chi connectivity index (χ0) is 24.4. The summed E-state index contributed by atoms with van der Waals surface area (Å²) < 4.78 is 6.56. The van der Waals surface area contributed by atoms with Gasteiger partial charge in [-0.2, -0.15) is 5.26 Å². The van der Waals surface area contributed by atoms with E-state index in [1.165, 1.54) is 18.1 Å². The van der Waals surface area contributed by atoms with E-state index >= 15 is 0 Å². The minimum Gasteiger partial charge on any atom is -0.497 e. The molecule has 1 aromatic heterocycles. The molecule has 10 nitrogen and oxygen atoms in total. The van der Waals surface area contributed by atoms with Crippen molar-refractivity contribution >= 4 is 23.2 Å². The summed E-state index contributed by atoms with van der Waals surface area (Å²) in [6.45, 7) is 0. The fourth-order valence-electron chi connectivity index (χ4n) is 3.73. The maximum atomic E-state index is 12.7. The molecule has 1 aliphatic heterocycles. The Bertz CT molecular complexity index is 1500. The number of carbonyl (C=O) groups is 2. The third kappa shape index (κ3) is 4.14. The van der Waals surface area contributed by atoms with E-state index in [0.29, 0.717) is 28.4 Å². The van der Waals surface area contributed by atoms with E-state index in [0.717, 1.165) is 11.1 Å². The van der Waals surface area contributed by atoms with Crippen LogP contribution >= 0.6 is 0 Å². The first-order chi connectivity index (χ1) is 17.1. The monoisotopic (exact) mass is 463 g/mol. The van der Waals surface area contributed by atoms with Crippen LogP contribution < -0.4 is 10.1 Å². The second-order valence-electron chi connectivity index (χ2n) is 7.60. The molecular weight excluding hydrogens is 446 g/mol. The number of aromatic nitrogens is 3. The van der Waals surface area contributed by atoms with E-state index < -0.39 is 11.8 Å².